The summed E-state index contributed by atoms with van der Waals surface area (Å²) in [5.41, 5.74) is 1.46. The van der Waals surface area contributed by atoms with Gasteiger partial charge in [0.05, 0.1) is 11.4 Å². The molecule has 0 bridgehead atoms. The Kier molecular flexibility index (Phi) is 4.45. The Morgan fingerprint density at radius 2 is 2.00 bits per heavy atom. The minimum atomic E-state index is -0.296. The van der Waals surface area contributed by atoms with E-state index in [1.165, 1.54) is 0 Å². The van der Waals surface area contributed by atoms with E-state index < -0.39 is 0 Å². The summed E-state index contributed by atoms with van der Waals surface area (Å²) >= 11 is 0. The van der Waals surface area contributed by atoms with Crippen LogP contribution in [0, 0.1) is 6.92 Å². The third-order valence-corrected chi connectivity index (χ3v) is 4.09. The number of hydrogen-bond acceptors (Lipinski definition) is 4. The summed E-state index contributed by atoms with van der Waals surface area (Å²) in [5.74, 6) is 1.66. The molecule has 1 unspecified atom stereocenters. The number of carbonyl (C=O) groups excluding carboxylic acids is 1. The largest absolute Gasteiger partial charge is 0.486 e. The van der Waals surface area contributed by atoms with Gasteiger partial charge in [0.2, 0.25) is 0 Å². The molecule has 1 aliphatic heterocycles. The molecule has 1 aromatic carbocycles. The highest BCUT2D eigenvalue weighted by atomic mass is 16.5. The summed E-state index contributed by atoms with van der Waals surface area (Å²) in [6.07, 6.45) is 0.743. The number of nitrogens with one attached hydrogen (secondary N) is 1. The van der Waals surface area contributed by atoms with Crippen LogP contribution in [0.4, 0.5) is 11.5 Å². The second-order valence-corrected chi connectivity index (χ2v) is 7.45. The minimum Gasteiger partial charge on any atom is -0.486 e. The van der Waals surface area contributed by atoms with Crippen LogP contribution in [-0.4, -0.2) is 33.9 Å². The van der Waals surface area contributed by atoms with Crippen molar-refractivity contribution in [3.8, 4) is 5.75 Å². The smallest absolute Gasteiger partial charge is 0.250 e. The van der Waals surface area contributed by atoms with Gasteiger partial charge in [-0.25, -0.2) is 0 Å². The lowest BCUT2D eigenvalue weighted by Crippen LogP contribution is -2.34. The zero-order valence-electron chi connectivity index (χ0n) is 15.5. The van der Waals surface area contributed by atoms with E-state index in [1.54, 1.807) is 9.58 Å². The van der Waals surface area contributed by atoms with E-state index in [4.69, 9.17) is 4.74 Å². The van der Waals surface area contributed by atoms with Crippen LogP contribution in [0.1, 0.15) is 32.9 Å². The summed E-state index contributed by atoms with van der Waals surface area (Å²) in [5, 5.41) is 7.70. The molecule has 25 heavy (non-hydrogen) atoms. The molecule has 134 valence electrons. The van der Waals surface area contributed by atoms with Gasteiger partial charge in [0.1, 0.15) is 23.2 Å². The van der Waals surface area contributed by atoms with Crippen LogP contribution in [-0.2, 0) is 11.8 Å². The number of aromatic nitrogens is 2. The van der Waals surface area contributed by atoms with Crippen molar-refractivity contribution in [1.29, 1.82) is 0 Å². The quantitative estimate of drug-likeness (QED) is 0.927. The third kappa shape index (κ3) is 3.78. The molecule has 6 nitrogen and oxygen atoms in total. The summed E-state index contributed by atoms with van der Waals surface area (Å²) in [4.78, 5) is 14.6. The van der Waals surface area contributed by atoms with Crippen LogP contribution in [0.25, 0.3) is 0 Å². The van der Waals surface area contributed by atoms with Crippen LogP contribution in [0.5, 0.6) is 5.75 Å². The number of benzene rings is 1. The molecule has 6 heteroatoms. The van der Waals surface area contributed by atoms with Crippen molar-refractivity contribution < 1.29 is 9.53 Å². The van der Waals surface area contributed by atoms with Gasteiger partial charge in [-0.1, -0.05) is 12.1 Å². The maximum Gasteiger partial charge on any atom is 0.250 e. The van der Waals surface area contributed by atoms with Crippen LogP contribution < -0.4 is 15.0 Å². The molecule has 1 fully saturated rings. The molecule has 1 saturated heterocycles. The number of para-hydroxylation sites is 2. The highest BCUT2D eigenvalue weighted by Gasteiger charge is 2.34. The summed E-state index contributed by atoms with van der Waals surface area (Å²) in [6.45, 7) is 8.64. The van der Waals surface area contributed by atoms with Crippen molar-refractivity contribution in [2.24, 2.45) is 7.05 Å². The molecule has 1 aliphatic rings. The number of aryl methyl sites for hydroxylation is 2. The maximum atomic E-state index is 12.8. The van der Waals surface area contributed by atoms with Gasteiger partial charge in [0.25, 0.3) is 5.91 Å². The van der Waals surface area contributed by atoms with Crippen molar-refractivity contribution in [2.75, 3.05) is 16.8 Å². The van der Waals surface area contributed by atoms with Gasteiger partial charge in [0, 0.05) is 19.7 Å². The second kappa shape index (κ2) is 6.43. The average molecular weight is 342 g/mol. The first-order valence-corrected chi connectivity index (χ1v) is 8.61. The first-order valence-electron chi connectivity index (χ1n) is 8.61. The number of rotatable bonds is 4. The van der Waals surface area contributed by atoms with Gasteiger partial charge in [-0.05, 0) is 46.2 Å². The number of amides is 1. The predicted molar refractivity (Wildman–Crippen MR) is 99.1 cm³/mol. The number of carbonyl (C=O) groups is 1. The van der Waals surface area contributed by atoms with E-state index in [9.17, 15) is 4.79 Å². The molecule has 0 spiro atoms. The lowest BCUT2D eigenvalue weighted by Gasteiger charge is -2.24. The first kappa shape index (κ1) is 17.3. The Morgan fingerprint density at radius 1 is 1.28 bits per heavy atom. The van der Waals surface area contributed by atoms with Crippen LogP contribution in [0.3, 0.4) is 0 Å². The molecule has 1 atom stereocenters. The van der Waals surface area contributed by atoms with E-state index in [1.807, 2.05) is 65.1 Å². The molecule has 2 heterocycles. The Balaban J connectivity index is 1.77. The first-order chi connectivity index (χ1) is 11.7. The van der Waals surface area contributed by atoms with Gasteiger partial charge >= 0.3 is 0 Å². The van der Waals surface area contributed by atoms with Gasteiger partial charge in [0.15, 0.2) is 0 Å². The molecular formula is C19H26N4O2. The number of nitrogens with zero attached hydrogens (tertiary/aromatic N) is 3. The zero-order valence-corrected chi connectivity index (χ0v) is 15.5. The highest BCUT2D eigenvalue weighted by Crippen LogP contribution is 2.30. The van der Waals surface area contributed by atoms with Gasteiger partial charge in [-0.15, -0.1) is 0 Å². The highest BCUT2D eigenvalue weighted by molar-refractivity contribution is 6.00. The van der Waals surface area contributed by atoms with E-state index in [-0.39, 0.29) is 17.6 Å². The van der Waals surface area contributed by atoms with E-state index in [2.05, 4.69) is 10.4 Å². The molecule has 0 radical (unpaired) electrons. The molecule has 1 amide bonds. The molecule has 1 aromatic heterocycles. The number of hydrogen-bond donors (Lipinski definition) is 1. The van der Waals surface area contributed by atoms with E-state index in [0.717, 1.165) is 29.4 Å². The molecular weight excluding hydrogens is 316 g/mol. The normalized spacial score (nSPS) is 17.9. The molecule has 2 aromatic rings. The van der Waals surface area contributed by atoms with Crippen molar-refractivity contribution in [1.82, 2.24) is 9.78 Å². The van der Waals surface area contributed by atoms with Crippen molar-refractivity contribution in [3.63, 3.8) is 0 Å². The third-order valence-electron chi connectivity index (χ3n) is 4.09. The fourth-order valence-corrected chi connectivity index (χ4v) is 3.08. The van der Waals surface area contributed by atoms with Crippen molar-refractivity contribution in [2.45, 2.75) is 45.8 Å². The fraction of sp³-hybridized carbons (Fsp3) is 0.474. The van der Waals surface area contributed by atoms with E-state index >= 15 is 0 Å². The molecule has 0 saturated carbocycles. The average Bonchev–Trinajstić information content (AvgIpc) is 3.02. The Labute approximate surface area is 148 Å². The molecule has 1 N–H and O–H groups in total. The van der Waals surface area contributed by atoms with Crippen LogP contribution >= 0.6 is 0 Å². The van der Waals surface area contributed by atoms with Gasteiger partial charge in [-0.2, -0.15) is 5.10 Å². The summed E-state index contributed by atoms with van der Waals surface area (Å²) in [7, 11) is 1.86. The number of ether oxygens (including phenoxy) is 1. The Bertz CT molecular complexity index is 776. The lowest BCUT2D eigenvalue weighted by atomic mass is 10.1. The van der Waals surface area contributed by atoms with Crippen LogP contribution in [0.2, 0.25) is 0 Å². The monoisotopic (exact) mass is 342 g/mol. The van der Waals surface area contributed by atoms with Gasteiger partial charge in [-0.3, -0.25) is 14.4 Å². The Morgan fingerprint density at radius 3 is 2.64 bits per heavy atom. The topological polar surface area (TPSA) is 59.4 Å². The minimum absolute atomic E-state index is 0.0635. The standard InChI is InChI=1S/C19H26N4O2/c1-13-12-17(22(5)21-13)23-11-10-15(18(23)24)20-14-8-6-7-9-16(14)25-19(2,3)4/h6-9,12,15,20H,10-11H2,1-5H3. The SMILES string of the molecule is Cc1cc(N2CCC(Nc3ccccc3OC(C)(C)C)C2=O)n(C)n1. The van der Waals surface area contributed by atoms with Crippen LogP contribution in [0.15, 0.2) is 30.3 Å². The lowest BCUT2D eigenvalue weighted by molar-refractivity contribution is -0.117. The van der Waals surface area contributed by atoms with Gasteiger partial charge < -0.3 is 10.1 Å². The van der Waals surface area contributed by atoms with E-state index in [0.29, 0.717) is 6.54 Å². The van der Waals surface area contributed by atoms with Crippen molar-refractivity contribution >= 4 is 17.4 Å². The predicted octanol–water partition coefficient (Wildman–Crippen LogP) is 3.12. The Hall–Kier alpha value is -2.50. The maximum absolute atomic E-state index is 12.8. The summed E-state index contributed by atoms with van der Waals surface area (Å²) < 4.78 is 7.77. The summed E-state index contributed by atoms with van der Waals surface area (Å²) in [6, 6.07) is 9.43. The van der Waals surface area contributed by atoms with Crippen molar-refractivity contribution in [3.05, 3.63) is 36.0 Å². The molecule has 3 rings (SSSR count). The second-order valence-electron chi connectivity index (χ2n) is 7.45. The number of anilines is 2. The zero-order chi connectivity index (χ0) is 18.2. The molecule has 0 aliphatic carbocycles. The fourth-order valence-electron chi connectivity index (χ4n) is 3.08.